The van der Waals surface area contributed by atoms with Gasteiger partial charge in [-0.3, -0.25) is 0 Å². The molecule has 2 unspecified atom stereocenters. The minimum atomic E-state index is 0.742. The summed E-state index contributed by atoms with van der Waals surface area (Å²) in [6.45, 7) is 3.45. The molecular weight excluding hydrogens is 206 g/mol. The number of benzene rings is 1. The van der Waals surface area contributed by atoms with E-state index in [1.54, 1.807) is 0 Å². The monoisotopic (exact) mass is 229 g/mol. The van der Waals surface area contributed by atoms with Gasteiger partial charge in [0.25, 0.3) is 0 Å². The summed E-state index contributed by atoms with van der Waals surface area (Å²) in [7, 11) is 0. The van der Waals surface area contributed by atoms with E-state index < -0.39 is 0 Å². The van der Waals surface area contributed by atoms with Crippen molar-refractivity contribution >= 4 is 0 Å². The molecule has 2 aliphatic carbocycles. The molecule has 3 rings (SSSR count). The molecule has 0 heterocycles. The molecule has 2 aliphatic rings. The Morgan fingerprint density at radius 2 is 1.94 bits per heavy atom. The second kappa shape index (κ2) is 4.45. The van der Waals surface area contributed by atoms with Crippen LogP contribution in [0.15, 0.2) is 30.3 Å². The third-order valence-corrected chi connectivity index (χ3v) is 4.84. The highest BCUT2D eigenvalue weighted by atomic mass is 14.9. The Morgan fingerprint density at radius 3 is 2.65 bits per heavy atom. The van der Waals surface area contributed by atoms with Crippen LogP contribution in [0, 0.1) is 11.3 Å². The molecule has 17 heavy (non-hydrogen) atoms. The molecule has 1 heteroatoms. The van der Waals surface area contributed by atoms with Crippen molar-refractivity contribution in [2.24, 2.45) is 11.3 Å². The minimum absolute atomic E-state index is 0.742. The van der Waals surface area contributed by atoms with E-state index in [1.165, 1.54) is 37.7 Å². The minimum Gasteiger partial charge on any atom is -0.310 e. The Labute approximate surface area is 105 Å². The Bertz CT molecular complexity index is 366. The highest BCUT2D eigenvalue weighted by molar-refractivity contribution is 5.14. The summed E-state index contributed by atoms with van der Waals surface area (Å²) in [5, 5.41) is 3.78. The second-order valence-electron chi connectivity index (χ2n) is 6.19. The fourth-order valence-corrected chi connectivity index (χ4v) is 3.25. The summed E-state index contributed by atoms with van der Waals surface area (Å²) < 4.78 is 0. The first-order valence-electron chi connectivity index (χ1n) is 7.05. The first kappa shape index (κ1) is 11.3. The van der Waals surface area contributed by atoms with E-state index in [4.69, 9.17) is 0 Å². The fraction of sp³-hybridized carbons (Fsp3) is 0.625. The zero-order chi connectivity index (χ0) is 11.7. The molecule has 2 atom stereocenters. The maximum atomic E-state index is 3.78. The van der Waals surface area contributed by atoms with Crippen LogP contribution >= 0.6 is 0 Å². The topological polar surface area (TPSA) is 12.0 Å². The molecule has 1 nitrogen and oxygen atoms in total. The Hall–Kier alpha value is -0.820. The molecule has 2 saturated carbocycles. The first-order chi connectivity index (χ1) is 8.27. The standard InChI is InChI=1S/C16H23N/c1-13-7-8-16(9-10-16)11-15(13)17-12-14-5-3-2-4-6-14/h2-6,13,15,17H,7-12H2,1H3. The Morgan fingerprint density at radius 1 is 1.18 bits per heavy atom. The van der Waals surface area contributed by atoms with Gasteiger partial charge in [-0.25, -0.2) is 0 Å². The van der Waals surface area contributed by atoms with E-state index in [1.807, 2.05) is 0 Å². The Balaban J connectivity index is 1.57. The first-order valence-corrected chi connectivity index (χ1v) is 7.05. The number of hydrogen-bond acceptors (Lipinski definition) is 1. The lowest BCUT2D eigenvalue weighted by Gasteiger charge is -2.35. The average Bonchev–Trinajstić information content (AvgIpc) is 3.12. The van der Waals surface area contributed by atoms with Gasteiger partial charge in [-0.2, -0.15) is 0 Å². The van der Waals surface area contributed by atoms with Crippen LogP contribution in [-0.2, 0) is 6.54 Å². The molecule has 1 aromatic rings. The van der Waals surface area contributed by atoms with Gasteiger partial charge in [0.2, 0.25) is 0 Å². The van der Waals surface area contributed by atoms with Gasteiger partial charge in [0.15, 0.2) is 0 Å². The summed E-state index contributed by atoms with van der Waals surface area (Å²) in [6, 6.07) is 11.5. The molecule has 2 fully saturated rings. The fourth-order valence-electron chi connectivity index (χ4n) is 3.25. The van der Waals surface area contributed by atoms with E-state index in [-0.39, 0.29) is 0 Å². The molecule has 0 aliphatic heterocycles. The maximum absolute atomic E-state index is 3.78. The quantitative estimate of drug-likeness (QED) is 0.832. The largest absolute Gasteiger partial charge is 0.310 e. The van der Waals surface area contributed by atoms with E-state index in [2.05, 4.69) is 42.6 Å². The lowest BCUT2D eigenvalue weighted by Crippen LogP contribution is -2.40. The normalized spacial score (nSPS) is 30.4. The summed E-state index contributed by atoms with van der Waals surface area (Å²) in [4.78, 5) is 0. The van der Waals surface area contributed by atoms with Crippen LogP contribution in [0.3, 0.4) is 0 Å². The van der Waals surface area contributed by atoms with Crippen LogP contribution in [0.5, 0.6) is 0 Å². The molecule has 1 spiro atoms. The van der Waals surface area contributed by atoms with Gasteiger partial charge < -0.3 is 5.32 Å². The van der Waals surface area contributed by atoms with Crippen molar-refractivity contribution < 1.29 is 0 Å². The summed E-state index contributed by atoms with van der Waals surface area (Å²) in [5.41, 5.74) is 2.18. The lowest BCUT2D eigenvalue weighted by molar-refractivity contribution is 0.201. The second-order valence-corrected chi connectivity index (χ2v) is 6.19. The predicted molar refractivity (Wildman–Crippen MR) is 71.8 cm³/mol. The van der Waals surface area contributed by atoms with Crippen LogP contribution < -0.4 is 5.32 Å². The van der Waals surface area contributed by atoms with Crippen molar-refractivity contribution in [3.05, 3.63) is 35.9 Å². The molecule has 0 bridgehead atoms. The zero-order valence-corrected chi connectivity index (χ0v) is 10.8. The van der Waals surface area contributed by atoms with Crippen molar-refractivity contribution in [3.63, 3.8) is 0 Å². The van der Waals surface area contributed by atoms with Crippen molar-refractivity contribution in [1.82, 2.24) is 5.32 Å². The number of rotatable bonds is 3. The van der Waals surface area contributed by atoms with Gasteiger partial charge in [-0.1, -0.05) is 37.3 Å². The third-order valence-electron chi connectivity index (χ3n) is 4.84. The molecular formula is C16H23N. The highest BCUT2D eigenvalue weighted by Gasteiger charge is 2.47. The van der Waals surface area contributed by atoms with Gasteiger partial charge in [0, 0.05) is 12.6 Å². The van der Waals surface area contributed by atoms with Crippen LogP contribution in [0.4, 0.5) is 0 Å². The van der Waals surface area contributed by atoms with E-state index >= 15 is 0 Å². The molecule has 1 N–H and O–H groups in total. The van der Waals surface area contributed by atoms with Crippen molar-refractivity contribution in [2.75, 3.05) is 0 Å². The van der Waals surface area contributed by atoms with Gasteiger partial charge in [0.1, 0.15) is 0 Å². The SMILES string of the molecule is CC1CCC2(CC2)CC1NCc1ccccc1. The van der Waals surface area contributed by atoms with Crippen molar-refractivity contribution in [1.29, 1.82) is 0 Å². The molecule has 0 aromatic heterocycles. The van der Waals surface area contributed by atoms with Gasteiger partial charge in [0.05, 0.1) is 0 Å². The molecule has 1 aromatic carbocycles. The van der Waals surface area contributed by atoms with Crippen molar-refractivity contribution in [2.45, 2.75) is 51.6 Å². The van der Waals surface area contributed by atoms with E-state index in [0.717, 1.165) is 23.9 Å². The van der Waals surface area contributed by atoms with Crippen LogP contribution in [0.25, 0.3) is 0 Å². The summed E-state index contributed by atoms with van der Waals surface area (Å²) in [6.07, 6.45) is 7.30. The molecule has 0 amide bonds. The summed E-state index contributed by atoms with van der Waals surface area (Å²) >= 11 is 0. The molecule has 0 radical (unpaired) electrons. The van der Waals surface area contributed by atoms with Crippen LogP contribution in [0.1, 0.15) is 44.6 Å². The highest BCUT2D eigenvalue weighted by Crippen LogP contribution is 2.57. The van der Waals surface area contributed by atoms with Gasteiger partial charge >= 0.3 is 0 Å². The molecule has 0 saturated heterocycles. The number of nitrogens with one attached hydrogen (secondary N) is 1. The van der Waals surface area contributed by atoms with Gasteiger partial charge in [-0.15, -0.1) is 0 Å². The van der Waals surface area contributed by atoms with E-state index in [9.17, 15) is 0 Å². The summed E-state index contributed by atoms with van der Waals surface area (Å²) in [5.74, 6) is 0.852. The molecule has 92 valence electrons. The van der Waals surface area contributed by atoms with E-state index in [0.29, 0.717) is 0 Å². The maximum Gasteiger partial charge on any atom is 0.0208 e. The smallest absolute Gasteiger partial charge is 0.0208 e. The lowest BCUT2D eigenvalue weighted by atomic mass is 9.77. The van der Waals surface area contributed by atoms with Crippen molar-refractivity contribution in [3.8, 4) is 0 Å². The predicted octanol–water partition coefficient (Wildman–Crippen LogP) is 3.75. The van der Waals surface area contributed by atoms with Crippen LogP contribution in [-0.4, -0.2) is 6.04 Å². The number of hydrogen-bond donors (Lipinski definition) is 1. The average molecular weight is 229 g/mol. The Kier molecular flexibility index (Phi) is 2.96. The van der Waals surface area contributed by atoms with Gasteiger partial charge in [-0.05, 0) is 49.0 Å². The zero-order valence-electron chi connectivity index (χ0n) is 10.8. The third kappa shape index (κ3) is 2.55. The van der Waals surface area contributed by atoms with Crippen LogP contribution in [0.2, 0.25) is 0 Å².